The van der Waals surface area contributed by atoms with Gasteiger partial charge in [0.15, 0.2) is 11.5 Å². The van der Waals surface area contributed by atoms with Crippen LogP contribution in [-0.2, 0) is 22.7 Å². The molecule has 2 aromatic heterocycles. The van der Waals surface area contributed by atoms with Crippen molar-refractivity contribution in [2.24, 2.45) is 0 Å². The number of hydrogen-bond donors (Lipinski definition) is 1. The van der Waals surface area contributed by atoms with Gasteiger partial charge in [0.1, 0.15) is 36.1 Å². The van der Waals surface area contributed by atoms with Crippen LogP contribution in [0.4, 0.5) is 5.82 Å². The normalized spacial score (nSPS) is 19.9. The molecule has 3 aliphatic heterocycles. The Balaban J connectivity index is 1.08. The highest BCUT2D eigenvalue weighted by Crippen LogP contribution is 2.32. The van der Waals surface area contributed by atoms with Gasteiger partial charge in [0.25, 0.3) is 0 Å². The number of piperazine rings is 1. The summed E-state index contributed by atoms with van der Waals surface area (Å²) in [6.45, 7) is 3.24. The third-order valence-corrected chi connectivity index (χ3v) is 7.47. The Morgan fingerprint density at radius 1 is 1.00 bits per heavy atom. The van der Waals surface area contributed by atoms with Gasteiger partial charge in [-0.1, -0.05) is 24.3 Å². The van der Waals surface area contributed by atoms with Crippen molar-refractivity contribution in [3.8, 4) is 23.1 Å². The van der Waals surface area contributed by atoms with Gasteiger partial charge < -0.3 is 29.2 Å². The van der Waals surface area contributed by atoms with E-state index >= 15 is 0 Å². The Morgan fingerprint density at radius 3 is 2.83 bits per heavy atom. The van der Waals surface area contributed by atoms with Gasteiger partial charge >= 0.3 is 0 Å². The van der Waals surface area contributed by atoms with E-state index in [0.717, 1.165) is 22.7 Å². The van der Waals surface area contributed by atoms with Crippen LogP contribution in [0.1, 0.15) is 11.1 Å². The molecule has 2 unspecified atom stereocenters. The van der Waals surface area contributed by atoms with Crippen LogP contribution in [0.25, 0.3) is 5.82 Å². The molecule has 12 nitrogen and oxygen atoms in total. The van der Waals surface area contributed by atoms with Gasteiger partial charge in [-0.3, -0.25) is 14.3 Å². The van der Waals surface area contributed by atoms with E-state index in [4.69, 9.17) is 18.9 Å². The zero-order chi connectivity index (χ0) is 27.6. The summed E-state index contributed by atoms with van der Waals surface area (Å²) in [7, 11) is 0. The number of aromatic nitrogens is 4. The topological polar surface area (TPSA) is 116 Å². The summed E-state index contributed by atoms with van der Waals surface area (Å²) in [6.07, 6.45) is 6.28. The Morgan fingerprint density at radius 2 is 1.90 bits per heavy atom. The summed E-state index contributed by atoms with van der Waals surface area (Å²) in [5, 5.41) is 3.12. The van der Waals surface area contributed by atoms with Crippen molar-refractivity contribution >= 4 is 11.7 Å². The quantitative estimate of drug-likeness (QED) is 0.364. The van der Waals surface area contributed by atoms with Gasteiger partial charge in [0, 0.05) is 50.2 Å². The van der Waals surface area contributed by atoms with Crippen molar-refractivity contribution < 1.29 is 23.7 Å². The predicted octanol–water partition coefficient (Wildman–Crippen LogP) is 2.13. The van der Waals surface area contributed by atoms with Crippen LogP contribution in [0, 0.1) is 0 Å². The van der Waals surface area contributed by atoms with Gasteiger partial charge in [-0.25, -0.2) is 15.0 Å². The minimum absolute atomic E-state index is 0.0903. The number of amides is 1. The highest BCUT2D eigenvalue weighted by molar-refractivity contribution is 5.82. The molecule has 2 atom stereocenters. The highest BCUT2D eigenvalue weighted by atomic mass is 16.7. The van der Waals surface area contributed by atoms with Crippen molar-refractivity contribution in [2.75, 3.05) is 37.9 Å². The van der Waals surface area contributed by atoms with Gasteiger partial charge in [0.05, 0.1) is 13.2 Å². The molecule has 4 aromatic rings. The van der Waals surface area contributed by atoms with Gasteiger partial charge in [0.2, 0.25) is 19.0 Å². The fraction of sp³-hybridized carbons (Fsp3) is 0.310. The molecule has 7 rings (SSSR count). The van der Waals surface area contributed by atoms with Crippen LogP contribution in [0.3, 0.4) is 0 Å². The maximum Gasteiger partial charge on any atom is 0.239 e. The number of nitrogens with one attached hydrogen (secondary N) is 1. The van der Waals surface area contributed by atoms with E-state index in [0.29, 0.717) is 56.6 Å². The summed E-state index contributed by atoms with van der Waals surface area (Å²) in [5.74, 6) is 3.58. The fourth-order valence-corrected chi connectivity index (χ4v) is 5.28. The molecule has 0 aliphatic carbocycles. The number of para-hydroxylation sites is 1. The number of fused-ring (bicyclic) bond motifs is 2. The smallest absolute Gasteiger partial charge is 0.239 e. The van der Waals surface area contributed by atoms with Gasteiger partial charge in [-0.2, -0.15) is 0 Å². The van der Waals surface area contributed by atoms with E-state index < -0.39 is 12.3 Å². The largest absolute Gasteiger partial charge is 0.463 e. The van der Waals surface area contributed by atoms with Gasteiger partial charge in [-0.15, -0.1) is 0 Å². The number of rotatable bonds is 7. The van der Waals surface area contributed by atoms with E-state index in [1.807, 2.05) is 59.3 Å². The Kier molecular flexibility index (Phi) is 6.83. The van der Waals surface area contributed by atoms with E-state index in [9.17, 15) is 4.79 Å². The van der Waals surface area contributed by atoms with Crippen molar-refractivity contribution in [2.45, 2.75) is 25.5 Å². The highest BCUT2D eigenvalue weighted by Gasteiger charge is 2.36. The molecule has 0 bridgehead atoms. The molecule has 1 amide bonds. The van der Waals surface area contributed by atoms with E-state index in [1.54, 1.807) is 12.5 Å². The van der Waals surface area contributed by atoms with Crippen molar-refractivity contribution in [1.29, 1.82) is 0 Å². The molecular weight excluding hydrogens is 526 g/mol. The minimum atomic E-state index is -0.479. The first-order valence-electron chi connectivity index (χ1n) is 13.5. The second-order valence-corrected chi connectivity index (χ2v) is 10.0. The van der Waals surface area contributed by atoms with Crippen molar-refractivity contribution in [1.82, 2.24) is 29.7 Å². The first-order valence-corrected chi connectivity index (χ1v) is 13.5. The lowest BCUT2D eigenvalue weighted by Crippen LogP contribution is -2.61. The van der Waals surface area contributed by atoms with E-state index in [1.165, 1.54) is 6.33 Å². The number of hydrogen-bond acceptors (Lipinski definition) is 10. The average molecular weight is 556 g/mol. The molecule has 5 heterocycles. The van der Waals surface area contributed by atoms with Crippen molar-refractivity contribution in [3.63, 3.8) is 0 Å². The van der Waals surface area contributed by atoms with Crippen LogP contribution in [0.2, 0.25) is 0 Å². The number of anilines is 1. The van der Waals surface area contributed by atoms with Crippen LogP contribution in [0.5, 0.6) is 17.2 Å². The predicted molar refractivity (Wildman–Crippen MR) is 147 cm³/mol. The summed E-state index contributed by atoms with van der Waals surface area (Å²) >= 11 is 0. The number of benzene rings is 2. The molecule has 1 saturated heterocycles. The summed E-state index contributed by atoms with van der Waals surface area (Å²) in [5.41, 5.74) is 1.95. The Labute approximate surface area is 236 Å². The third kappa shape index (κ3) is 5.39. The lowest BCUT2D eigenvalue weighted by Gasteiger charge is -2.42. The second-order valence-electron chi connectivity index (χ2n) is 10.0. The maximum atomic E-state index is 13.7. The molecule has 41 heavy (non-hydrogen) atoms. The second kappa shape index (κ2) is 11.1. The maximum absolute atomic E-state index is 13.7. The number of ether oxygens (including phenoxy) is 4. The number of imidazole rings is 1. The van der Waals surface area contributed by atoms with E-state index in [2.05, 4.69) is 30.1 Å². The Bertz CT molecular complexity index is 1530. The molecule has 0 radical (unpaired) electrons. The first kappa shape index (κ1) is 25.3. The zero-order valence-electron chi connectivity index (χ0n) is 22.3. The first-order chi connectivity index (χ1) is 20.2. The van der Waals surface area contributed by atoms with Crippen LogP contribution in [-0.4, -0.2) is 75.6 Å². The zero-order valence-corrected chi connectivity index (χ0v) is 22.3. The summed E-state index contributed by atoms with van der Waals surface area (Å²) in [6, 6.07) is 15.0. The number of nitrogens with zero attached hydrogens (tertiary/aromatic N) is 6. The van der Waals surface area contributed by atoms with E-state index in [-0.39, 0.29) is 12.7 Å². The molecule has 0 saturated carbocycles. The molecule has 0 spiro atoms. The molecule has 1 fully saturated rings. The summed E-state index contributed by atoms with van der Waals surface area (Å²) < 4.78 is 24.9. The molecular formula is C29H29N7O5. The third-order valence-electron chi connectivity index (χ3n) is 7.47. The Hall–Kier alpha value is -4.68. The van der Waals surface area contributed by atoms with Crippen LogP contribution >= 0.6 is 0 Å². The summed E-state index contributed by atoms with van der Waals surface area (Å²) in [4.78, 5) is 31.0. The van der Waals surface area contributed by atoms with Crippen LogP contribution in [0.15, 0.2) is 73.6 Å². The molecule has 1 N–H and O–H groups in total. The monoisotopic (exact) mass is 555 g/mol. The van der Waals surface area contributed by atoms with Gasteiger partial charge in [-0.05, 0) is 23.8 Å². The SMILES string of the molecule is O=C(NCc1ccc2c(c1)OCO2)C1CN(c2cc(-n3ccnc3)ncn2)CCN1CC1OCc2ccccc2O1. The number of carbonyl (C=O) groups excluding carboxylic acids is 1. The lowest BCUT2D eigenvalue weighted by atomic mass is 10.1. The minimum Gasteiger partial charge on any atom is -0.463 e. The lowest BCUT2D eigenvalue weighted by molar-refractivity contribution is -0.138. The average Bonchev–Trinajstić information content (AvgIpc) is 3.73. The van der Waals surface area contributed by atoms with Crippen LogP contribution < -0.4 is 24.4 Å². The van der Waals surface area contributed by atoms with Crippen molar-refractivity contribution in [3.05, 3.63) is 84.7 Å². The fourth-order valence-electron chi connectivity index (χ4n) is 5.28. The molecule has 210 valence electrons. The molecule has 3 aliphatic rings. The number of carbonyl (C=O) groups is 1. The molecule has 12 heteroatoms. The standard InChI is InChI=1S/C29H29N7O5/c37-29(31-13-20-5-6-24-25(11-20)40-19-39-24)22-14-35(26-12-27(33-17-32-26)36-8-7-30-18-36)10-9-34(22)15-28-38-16-21-3-1-2-4-23(21)41-28/h1-8,11-12,17-18,22,28H,9-10,13-16,19H2,(H,31,37). The molecule has 2 aromatic carbocycles.